The maximum absolute atomic E-state index is 7.87. The van der Waals surface area contributed by atoms with Crippen molar-refractivity contribution in [1.29, 1.82) is 0 Å². The van der Waals surface area contributed by atoms with Crippen molar-refractivity contribution < 1.29 is 15.3 Å². The molecular formula is H5NaO3PS2. The first-order valence-electron chi connectivity index (χ1n) is 0.783. The fourth-order valence-electron chi connectivity index (χ4n) is 0. The van der Waals surface area contributed by atoms with Crippen LogP contribution in [0.5, 0.6) is 0 Å². The summed E-state index contributed by atoms with van der Waals surface area (Å²) in [5.74, 6) is 0. The van der Waals surface area contributed by atoms with Gasteiger partial charge >= 0.3 is 0 Å². The van der Waals surface area contributed by atoms with Gasteiger partial charge in [-0.05, 0) is 11.8 Å². The molecule has 0 saturated heterocycles. The Hall–Kier alpha value is 1.88. The van der Waals surface area contributed by atoms with Crippen molar-refractivity contribution in [1.82, 2.24) is 0 Å². The summed E-state index contributed by atoms with van der Waals surface area (Å²) in [6.45, 7) is 0. The van der Waals surface area contributed by atoms with E-state index >= 15 is 0 Å². The molecule has 0 atom stereocenters. The quantitative estimate of drug-likeness (QED) is 0.246. The van der Waals surface area contributed by atoms with Gasteiger partial charge < -0.3 is 15.3 Å². The third-order valence-corrected chi connectivity index (χ3v) is 0. The molecule has 0 saturated carbocycles. The van der Waals surface area contributed by atoms with Crippen LogP contribution in [-0.2, 0) is 11.8 Å². The van der Waals surface area contributed by atoms with Gasteiger partial charge in [0.25, 0.3) is 0 Å². The minimum atomic E-state index is -3.11. The minimum Gasteiger partial charge on any atom is -0.412 e. The topological polar surface area (TPSA) is 72.0 Å². The molecule has 0 aromatic heterocycles. The van der Waals surface area contributed by atoms with Crippen LogP contribution < -0.4 is 0 Å². The van der Waals surface area contributed by atoms with E-state index in [1.54, 1.807) is 0 Å². The van der Waals surface area contributed by atoms with Gasteiger partial charge in [-0.1, -0.05) is 12.2 Å². The van der Waals surface area contributed by atoms with Crippen LogP contribution in [0.1, 0.15) is 0 Å². The number of rotatable bonds is 0. The molecule has 0 fully saturated rings. The Labute approximate surface area is 74.1 Å². The summed E-state index contributed by atoms with van der Waals surface area (Å²) in [6.07, 6.45) is 0. The summed E-state index contributed by atoms with van der Waals surface area (Å²) in [7, 11) is 0. The maximum Gasteiger partial charge on any atom is 0.239 e. The van der Waals surface area contributed by atoms with E-state index in [4.69, 9.17) is 9.79 Å². The molecule has 0 spiro atoms. The van der Waals surface area contributed by atoms with Gasteiger partial charge in [0.05, 0.1) is 0 Å². The second kappa shape index (κ2) is 6.01. The van der Waals surface area contributed by atoms with Gasteiger partial charge in [0.1, 0.15) is 0 Å². The zero-order valence-electron chi connectivity index (χ0n) is 3.70. The predicted octanol–water partition coefficient (Wildman–Crippen LogP) is -1.08. The molecule has 0 aliphatic heterocycles. The fourth-order valence-corrected chi connectivity index (χ4v) is 0. The molecule has 0 unspecified atom stereocenters. The van der Waals surface area contributed by atoms with E-state index in [9.17, 15) is 0 Å². The van der Waals surface area contributed by atoms with E-state index in [1.807, 2.05) is 0 Å². The molecule has 0 rings (SSSR count). The summed E-state index contributed by atoms with van der Waals surface area (Å²) in [6, 6.07) is 0. The van der Waals surface area contributed by atoms with Gasteiger partial charge in [0.15, 0.2) is 0 Å². The Morgan fingerprint density at radius 2 is 1.43 bits per heavy atom. The van der Waals surface area contributed by atoms with Gasteiger partial charge in [0, 0.05) is 29.6 Å². The van der Waals surface area contributed by atoms with Gasteiger partial charge in [0.2, 0.25) is 5.69 Å². The Kier molecular flexibility index (Phi) is 13.7. The van der Waals surface area contributed by atoms with Crippen molar-refractivity contribution in [3.8, 4) is 0 Å². The van der Waals surface area contributed by atoms with Crippen molar-refractivity contribution in [3.05, 3.63) is 0 Å². The number of thiol groups is 1. The monoisotopic (exact) mass is 171 g/mol. The van der Waals surface area contributed by atoms with Crippen molar-refractivity contribution >= 4 is 59.3 Å². The summed E-state index contributed by atoms with van der Waals surface area (Å²) >= 11 is 7.07. The van der Waals surface area contributed by atoms with Crippen LogP contribution in [0.25, 0.3) is 0 Å². The van der Waals surface area contributed by atoms with E-state index in [0.29, 0.717) is 0 Å². The average molecular weight is 171 g/mol. The first-order valence-corrected chi connectivity index (χ1v) is 4.64. The number of hydrogen-bond donors (Lipinski definition) is 3. The first kappa shape index (κ1) is 15.9. The maximum atomic E-state index is 7.87. The molecule has 41 valence electrons. The zero-order chi connectivity index (χ0) is 4.50. The van der Waals surface area contributed by atoms with Gasteiger partial charge in [-0.3, -0.25) is 0 Å². The SMILES string of the molecule is O.OP(O)(=S)S.[Na]. The largest absolute Gasteiger partial charge is 0.412 e. The summed E-state index contributed by atoms with van der Waals surface area (Å²) in [5.41, 5.74) is -3.11. The van der Waals surface area contributed by atoms with E-state index in [0.717, 1.165) is 0 Å². The molecule has 0 bridgehead atoms. The average Bonchev–Trinajstić information content (AvgIpc) is 0.722. The smallest absolute Gasteiger partial charge is 0.239 e. The zero-order valence-corrected chi connectivity index (χ0v) is 8.30. The molecule has 0 amide bonds. The molecule has 0 aliphatic rings. The Bertz CT molecular complexity index is 59.1. The van der Waals surface area contributed by atoms with E-state index in [2.05, 4.69) is 24.1 Å². The molecule has 7 heavy (non-hydrogen) atoms. The molecule has 0 aromatic rings. The summed E-state index contributed by atoms with van der Waals surface area (Å²) in [5, 5.41) is 0. The standard InChI is InChI=1S/Na.H3O2PS2.H2O/c;1-3(2,4)5;/h;(H3,1,2,4,5);1H2. The van der Waals surface area contributed by atoms with E-state index < -0.39 is 5.69 Å². The van der Waals surface area contributed by atoms with Crippen LogP contribution in [0.2, 0.25) is 0 Å². The van der Waals surface area contributed by atoms with E-state index in [1.165, 1.54) is 0 Å². The van der Waals surface area contributed by atoms with Crippen LogP contribution in [0.3, 0.4) is 0 Å². The first-order chi connectivity index (χ1) is 2.00. The van der Waals surface area contributed by atoms with Crippen molar-refractivity contribution in [2.45, 2.75) is 0 Å². The molecule has 7 heteroatoms. The predicted molar refractivity (Wildman–Crippen MR) is 37.1 cm³/mol. The Morgan fingerprint density at radius 3 is 1.43 bits per heavy atom. The van der Waals surface area contributed by atoms with Gasteiger partial charge in [-0.25, -0.2) is 0 Å². The van der Waals surface area contributed by atoms with Gasteiger partial charge in [-0.2, -0.15) is 0 Å². The van der Waals surface area contributed by atoms with Crippen LogP contribution in [-0.4, -0.2) is 44.8 Å². The van der Waals surface area contributed by atoms with Crippen molar-refractivity contribution in [3.63, 3.8) is 0 Å². The number of hydrogen-bond acceptors (Lipinski definition) is 1. The third-order valence-electron chi connectivity index (χ3n) is 0. The van der Waals surface area contributed by atoms with E-state index in [-0.39, 0.29) is 35.0 Å². The minimum absolute atomic E-state index is 0. The Balaban J connectivity index is -0.0000000800. The molecule has 0 aliphatic carbocycles. The molecule has 4 N–H and O–H groups in total. The molecule has 0 heterocycles. The molecular weight excluding hydrogens is 166 g/mol. The third kappa shape index (κ3) is 77.1. The Morgan fingerprint density at radius 1 is 1.43 bits per heavy atom. The van der Waals surface area contributed by atoms with Crippen molar-refractivity contribution in [2.24, 2.45) is 0 Å². The van der Waals surface area contributed by atoms with Crippen LogP contribution in [0, 0.1) is 0 Å². The van der Waals surface area contributed by atoms with Crippen molar-refractivity contribution in [2.75, 3.05) is 0 Å². The van der Waals surface area contributed by atoms with Gasteiger partial charge in [-0.15, -0.1) is 0 Å². The van der Waals surface area contributed by atoms with Crippen LogP contribution in [0.4, 0.5) is 0 Å². The summed E-state index contributed by atoms with van der Waals surface area (Å²) in [4.78, 5) is 15.7. The molecule has 0 aromatic carbocycles. The van der Waals surface area contributed by atoms with Crippen LogP contribution >= 0.6 is 17.9 Å². The fraction of sp³-hybridized carbons (Fsp3) is 0. The normalized spacial score (nSPS) is 8.43. The molecule has 1 radical (unpaired) electrons. The second-order valence-corrected chi connectivity index (χ2v) is 5.55. The molecule has 3 nitrogen and oxygen atoms in total. The van der Waals surface area contributed by atoms with Crippen LogP contribution in [0.15, 0.2) is 0 Å². The summed E-state index contributed by atoms with van der Waals surface area (Å²) < 4.78 is 0. The second-order valence-electron chi connectivity index (χ2n) is 0.513.